The third-order valence-corrected chi connectivity index (χ3v) is 5.73. The monoisotopic (exact) mass is 318 g/mol. The maximum absolute atomic E-state index is 12.6. The number of nitrogens with one attached hydrogen (secondary N) is 1. The zero-order chi connectivity index (χ0) is 15.7. The Hall–Kier alpha value is -1.49. The first-order valence-electron chi connectivity index (χ1n) is 7.92. The molecule has 1 fully saturated rings. The van der Waals surface area contributed by atoms with E-state index in [1.54, 1.807) is 0 Å². The molecule has 2 heterocycles. The van der Waals surface area contributed by atoms with Crippen molar-refractivity contribution in [2.24, 2.45) is 5.92 Å². The lowest BCUT2D eigenvalue weighted by Gasteiger charge is -2.30. The number of amides is 2. The Morgan fingerprint density at radius 1 is 1.41 bits per heavy atom. The van der Waals surface area contributed by atoms with E-state index in [9.17, 15) is 9.59 Å². The first-order valence-corrected chi connectivity index (χ1v) is 8.80. The first-order chi connectivity index (χ1) is 10.6. The highest BCUT2D eigenvalue weighted by molar-refractivity contribution is 8.01. The molecule has 0 aromatic heterocycles. The molecule has 0 unspecified atom stereocenters. The number of carbonyl (C=O) groups is 2. The van der Waals surface area contributed by atoms with Crippen LogP contribution in [0.4, 0.5) is 5.69 Å². The Kier molecular flexibility index (Phi) is 4.43. The Balaban J connectivity index is 1.68. The summed E-state index contributed by atoms with van der Waals surface area (Å²) >= 11 is 1.50. The zero-order valence-electron chi connectivity index (χ0n) is 13.0. The number of likely N-dealkylation sites (tertiary alicyclic amines) is 1. The predicted molar refractivity (Wildman–Crippen MR) is 88.9 cm³/mol. The number of thioether (sulfide) groups is 1. The van der Waals surface area contributed by atoms with Crippen molar-refractivity contribution >= 4 is 29.3 Å². The fraction of sp³-hybridized carbons (Fsp3) is 0.529. The average Bonchev–Trinajstić information content (AvgIpc) is 2.97. The molecule has 1 aromatic rings. The summed E-state index contributed by atoms with van der Waals surface area (Å²) in [6, 6.07) is 8.08. The predicted octanol–water partition coefficient (Wildman–Crippen LogP) is 3.14. The summed E-state index contributed by atoms with van der Waals surface area (Å²) in [7, 11) is 0. The molecule has 118 valence electrons. The maximum Gasteiger partial charge on any atom is 0.238 e. The Morgan fingerprint density at radius 3 is 2.95 bits per heavy atom. The van der Waals surface area contributed by atoms with E-state index in [4.69, 9.17) is 0 Å². The van der Waals surface area contributed by atoms with Gasteiger partial charge in [-0.1, -0.05) is 26.0 Å². The van der Waals surface area contributed by atoms with Gasteiger partial charge < -0.3 is 10.2 Å². The number of hydrogen-bond acceptors (Lipinski definition) is 3. The SMILES string of the molecule is CC(C)[C@@H]1CCCN1C(=O)C[C@H]1Sc2ccccc2NC1=O. The van der Waals surface area contributed by atoms with Gasteiger partial charge in [0.25, 0.3) is 0 Å². The molecule has 0 radical (unpaired) electrons. The lowest BCUT2D eigenvalue weighted by atomic mass is 10.0. The number of hydrogen-bond donors (Lipinski definition) is 1. The van der Waals surface area contributed by atoms with Crippen molar-refractivity contribution in [3.8, 4) is 0 Å². The van der Waals surface area contributed by atoms with Gasteiger partial charge >= 0.3 is 0 Å². The molecule has 5 heteroatoms. The fourth-order valence-corrected chi connectivity index (χ4v) is 4.40. The van der Waals surface area contributed by atoms with E-state index in [-0.39, 0.29) is 23.5 Å². The number of carbonyl (C=O) groups excluding carboxylic acids is 2. The van der Waals surface area contributed by atoms with Gasteiger partial charge in [0.05, 0.1) is 10.9 Å². The highest BCUT2D eigenvalue weighted by atomic mass is 32.2. The third kappa shape index (κ3) is 3.00. The second-order valence-corrected chi connectivity index (χ2v) is 7.58. The zero-order valence-corrected chi connectivity index (χ0v) is 13.9. The van der Waals surface area contributed by atoms with E-state index >= 15 is 0 Å². The van der Waals surface area contributed by atoms with Crippen LogP contribution in [0.15, 0.2) is 29.2 Å². The van der Waals surface area contributed by atoms with Gasteiger partial charge in [0.1, 0.15) is 0 Å². The quantitative estimate of drug-likeness (QED) is 0.931. The van der Waals surface area contributed by atoms with Crippen molar-refractivity contribution in [2.75, 3.05) is 11.9 Å². The highest BCUT2D eigenvalue weighted by Gasteiger charge is 2.35. The van der Waals surface area contributed by atoms with Crippen LogP contribution in [-0.4, -0.2) is 34.6 Å². The number of anilines is 1. The summed E-state index contributed by atoms with van der Waals surface area (Å²) in [5.74, 6) is 0.528. The number of benzene rings is 1. The molecule has 0 saturated carbocycles. The van der Waals surface area contributed by atoms with Gasteiger partial charge in [-0.15, -0.1) is 11.8 Å². The van der Waals surface area contributed by atoms with Gasteiger partial charge in [0, 0.05) is 23.9 Å². The van der Waals surface area contributed by atoms with Crippen molar-refractivity contribution in [2.45, 2.75) is 49.3 Å². The van der Waals surface area contributed by atoms with Crippen LogP contribution < -0.4 is 5.32 Å². The van der Waals surface area contributed by atoms with E-state index in [1.165, 1.54) is 11.8 Å². The van der Waals surface area contributed by atoms with Crippen LogP contribution in [0.5, 0.6) is 0 Å². The largest absolute Gasteiger partial charge is 0.339 e. The van der Waals surface area contributed by atoms with Crippen LogP contribution in [0, 0.1) is 5.92 Å². The lowest BCUT2D eigenvalue weighted by Crippen LogP contribution is -2.41. The number of rotatable bonds is 3. The molecule has 1 N–H and O–H groups in total. The van der Waals surface area contributed by atoms with E-state index in [2.05, 4.69) is 19.2 Å². The van der Waals surface area contributed by atoms with Gasteiger partial charge in [0.15, 0.2) is 0 Å². The molecule has 0 spiro atoms. The minimum Gasteiger partial charge on any atom is -0.339 e. The molecule has 2 aliphatic rings. The molecule has 2 aliphatic heterocycles. The molecule has 22 heavy (non-hydrogen) atoms. The van der Waals surface area contributed by atoms with Crippen molar-refractivity contribution in [1.29, 1.82) is 0 Å². The number of fused-ring (bicyclic) bond motifs is 1. The second kappa shape index (κ2) is 6.32. The molecule has 0 bridgehead atoms. The lowest BCUT2D eigenvalue weighted by molar-refractivity contribution is -0.134. The van der Waals surface area contributed by atoms with Crippen LogP contribution in [0.1, 0.15) is 33.1 Å². The molecular formula is C17H22N2O2S. The number of nitrogens with zero attached hydrogens (tertiary/aromatic N) is 1. The van der Waals surface area contributed by atoms with Crippen LogP contribution in [-0.2, 0) is 9.59 Å². The minimum absolute atomic E-state index is 0.0580. The van der Waals surface area contributed by atoms with Crippen molar-refractivity contribution < 1.29 is 9.59 Å². The van der Waals surface area contributed by atoms with Gasteiger partial charge in [0.2, 0.25) is 11.8 Å². The maximum atomic E-state index is 12.6. The summed E-state index contributed by atoms with van der Waals surface area (Å²) in [4.78, 5) is 27.9. The Bertz CT molecular complexity index is 588. The van der Waals surface area contributed by atoms with Crippen molar-refractivity contribution in [3.05, 3.63) is 24.3 Å². The summed E-state index contributed by atoms with van der Waals surface area (Å²) in [5, 5.41) is 2.59. The van der Waals surface area contributed by atoms with E-state index in [0.717, 1.165) is 30.0 Å². The molecule has 2 atom stereocenters. The van der Waals surface area contributed by atoms with Gasteiger partial charge in [-0.05, 0) is 30.9 Å². The van der Waals surface area contributed by atoms with E-state index in [1.807, 2.05) is 29.2 Å². The normalized spacial score (nSPS) is 24.3. The molecule has 3 rings (SSSR count). The topological polar surface area (TPSA) is 49.4 Å². The number of para-hydroxylation sites is 1. The molecule has 1 aromatic carbocycles. The van der Waals surface area contributed by atoms with Gasteiger partial charge in [-0.2, -0.15) is 0 Å². The van der Waals surface area contributed by atoms with Gasteiger partial charge in [-0.3, -0.25) is 9.59 Å². The molecule has 1 saturated heterocycles. The minimum atomic E-state index is -0.323. The van der Waals surface area contributed by atoms with Crippen LogP contribution in [0.2, 0.25) is 0 Å². The van der Waals surface area contributed by atoms with E-state index < -0.39 is 0 Å². The van der Waals surface area contributed by atoms with Crippen LogP contribution in [0.3, 0.4) is 0 Å². The molecule has 2 amide bonds. The fourth-order valence-electron chi connectivity index (χ4n) is 3.30. The standard InChI is InChI=1S/C17H22N2O2S/c1-11(2)13-7-5-9-19(13)16(20)10-15-17(21)18-12-6-3-4-8-14(12)22-15/h3-4,6,8,11,13,15H,5,7,9-10H2,1-2H3,(H,18,21)/t13-,15+/m0/s1. The third-order valence-electron chi connectivity index (χ3n) is 4.46. The Morgan fingerprint density at radius 2 is 2.18 bits per heavy atom. The molecule has 0 aliphatic carbocycles. The summed E-state index contributed by atoms with van der Waals surface area (Å²) in [6.45, 7) is 5.15. The summed E-state index contributed by atoms with van der Waals surface area (Å²) in [6.07, 6.45) is 2.44. The van der Waals surface area contributed by atoms with Crippen LogP contribution >= 0.6 is 11.8 Å². The first kappa shape index (κ1) is 15.4. The summed E-state index contributed by atoms with van der Waals surface area (Å²) < 4.78 is 0. The van der Waals surface area contributed by atoms with E-state index in [0.29, 0.717) is 12.0 Å². The average molecular weight is 318 g/mol. The van der Waals surface area contributed by atoms with Crippen molar-refractivity contribution in [1.82, 2.24) is 4.90 Å². The van der Waals surface area contributed by atoms with Crippen LogP contribution in [0.25, 0.3) is 0 Å². The molecular weight excluding hydrogens is 296 g/mol. The van der Waals surface area contributed by atoms with Gasteiger partial charge in [-0.25, -0.2) is 0 Å². The molecule has 4 nitrogen and oxygen atoms in total. The highest BCUT2D eigenvalue weighted by Crippen LogP contribution is 2.37. The van der Waals surface area contributed by atoms with Crippen molar-refractivity contribution in [3.63, 3.8) is 0 Å². The summed E-state index contributed by atoms with van der Waals surface area (Å²) in [5.41, 5.74) is 0.849. The smallest absolute Gasteiger partial charge is 0.238 e. The second-order valence-electron chi connectivity index (χ2n) is 6.34. The Labute approximate surface area is 135 Å².